The van der Waals surface area contributed by atoms with Crippen molar-refractivity contribution in [2.75, 3.05) is 0 Å². The van der Waals surface area contributed by atoms with Crippen LogP contribution in [0.1, 0.15) is 5.56 Å². The second-order valence-corrected chi connectivity index (χ2v) is 4.58. The Labute approximate surface area is 110 Å². The van der Waals surface area contributed by atoms with Gasteiger partial charge < -0.3 is 5.11 Å². The molecule has 0 aliphatic rings. The molecule has 0 atom stereocenters. The van der Waals surface area contributed by atoms with Crippen molar-refractivity contribution in [3.8, 4) is 11.3 Å². The fourth-order valence-corrected chi connectivity index (χ4v) is 2.36. The van der Waals surface area contributed by atoms with E-state index in [-0.39, 0.29) is 0 Å². The molecule has 3 aromatic rings. The van der Waals surface area contributed by atoms with Gasteiger partial charge in [-0.25, -0.2) is 9.36 Å². The molecule has 0 fully saturated rings. The second kappa shape index (κ2) is 4.28. The first-order valence-corrected chi connectivity index (χ1v) is 6.07. The van der Waals surface area contributed by atoms with Crippen LogP contribution in [0.25, 0.3) is 22.2 Å². The number of nitrogens with zero attached hydrogens (tertiary/aromatic N) is 1. The lowest BCUT2D eigenvalue weighted by molar-refractivity contribution is 0.198. The molecule has 0 saturated heterocycles. The van der Waals surface area contributed by atoms with Gasteiger partial charge in [-0.1, -0.05) is 42.0 Å². The van der Waals surface area contributed by atoms with Crippen molar-refractivity contribution >= 4 is 17.0 Å². The van der Waals surface area contributed by atoms with E-state index in [0.29, 0.717) is 5.69 Å². The molecule has 3 rings (SSSR count). The number of hydrogen-bond donors (Lipinski definition) is 1. The van der Waals surface area contributed by atoms with Crippen molar-refractivity contribution in [3.05, 3.63) is 60.2 Å². The zero-order chi connectivity index (χ0) is 13.4. The summed E-state index contributed by atoms with van der Waals surface area (Å²) in [6.07, 6.45) is -0.960. The van der Waals surface area contributed by atoms with Crippen molar-refractivity contribution in [2.45, 2.75) is 6.92 Å². The van der Waals surface area contributed by atoms with Crippen LogP contribution in [0, 0.1) is 6.92 Å². The van der Waals surface area contributed by atoms with E-state index in [1.165, 1.54) is 4.57 Å². The van der Waals surface area contributed by atoms with E-state index in [0.717, 1.165) is 22.0 Å². The highest BCUT2D eigenvalue weighted by Crippen LogP contribution is 2.28. The molecule has 1 heterocycles. The van der Waals surface area contributed by atoms with Crippen LogP contribution in [0.2, 0.25) is 0 Å². The van der Waals surface area contributed by atoms with Crippen molar-refractivity contribution in [2.24, 2.45) is 0 Å². The molecular weight excluding hydrogens is 238 g/mol. The molecule has 94 valence electrons. The van der Waals surface area contributed by atoms with E-state index in [9.17, 15) is 9.90 Å². The topological polar surface area (TPSA) is 42.2 Å². The highest BCUT2D eigenvalue weighted by molar-refractivity contribution is 5.95. The predicted molar refractivity (Wildman–Crippen MR) is 75.5 cm³/mol. The number of aromatic nitrogens is 1. The van der Waals surface area contributed by atoms with Crippen LogP contribution in [0.5, 0.6) is 0 Å². The van der Waals surface area contributed by atoms with Gasteiger partial charge in [0.15, 0.2) is 0 Å². The smallest absolute Gasteiger partial charge is 0.416 e. The third kappa shape index (κ3) is 1.89. The number of aryl methyl sites for hydroxylation is 1. The van der Waals surface area contributed by atoms with Crippen molar-refractivity contribution in [1.29, 1.82) is 0 Å². The molecule has 0 aliphatic carbocycles. The number of fused-ring (bicyclic) bond motifs is 1. The minimum Gasteiger partial charge on any atom is -0.464 e. The molecule has 0 radical (unpaired) electrons. The van der Waals surface area contributed by atoms with Crippen LogP contribution in [0.15, 0.2) is 54.6 Å². The fraction of sp³-hybridized carbons (Fsp3) is 0.0625. The maximum Gasteiger partial charge on any atom is 0.416 e. The SMILES string of the molecule is Cc1ccc2c(c1)cc(-c1ccccc1)n2C(=O)O. The molecule has 3 nitrogen and oxygen atoms in total. The number of benzene rings is 2. The Kier molecular flexibility index (Phi) is 2.60. The van der Waals surface area contributed by atoms with Crippen LogP contribution in [-0.4, -0.2) is 15.8 Å². The van der Waals surface area contributed by atoms with Crippen molar-refractivity contribution in [1.82, 2.24) is 4.57 Å². The zero-order valence-electron chi connectivity index (χ0n) is 10.5. The van der Waals surface area contributed by atoms with Gasteiger partial charge in [-0.15, -0.1) is 0 Å². The van der Waals surface area contributed by atoms with E-state index in [4.69, 9.17) is 0 Å². The largest absolute Gasteiger partial charge is 0.464 e. The van der Waals surface area contributed by atoms with Crippen molar-refractivity contribution in [3.63, 3.8) is 0 Å². The first kappa shape index (κ1) is 11.5. The molecule has 1 N–H and O–H groups in total. The number of carboxylic acid groups (broad SMARTS) is 1. The van der Waals surface area contributed by atoms with E-state index in [1.54, 1.807) is 0 Å². The third-order valence-electron chi connectivity index (χ3n) is 3.22. The highest BCUT2D eigenvalue weighted by Gasteiger charge is 2.15. The Morgan fingerprint density at radius 1 is 1.05 bits per heavy atom. The van der Waals surface area contributed by atoms with Gasteiger partial charge in [0.05, 0.1) is 11.2 Å². The van der Waals surface area contributed by atoms with Crippen LogP contribution < -0.4 is 0 Å². The standard InChI is InChI=1S/C16H13NO2/c1-11-7-8-14-13(9-11)10-15(17(14)16(18)19)12-5-3-2-4-6-12/h2-10H,1H3,(H,18,19). The van der Waals surface area contributed by atoms with Crippen LogP contribution in [0.3, 0.4) is 0 Å². The predicted octanol–water partition coefficient (Wildman–Crippen LogP) is 4.14. The van der Waals surface area contributed by atoms with Gasteiger partial charge in [-0.3, -0.25) is 0 Å². The summed E-state index contributed by atoms with van der Waals surface area (Å²) in [7, 11) is 0. The molecule has 0 unspecified atom stereocenters. The van der Waals surface area contributed by atoms with E-state index in [2.05, 4.69) is 0 Å². The zero-order valence-corrected chi connectivity index (χ0v) is 10.5. The first-order valence-electron chi connectivity index (χ1n) is 6.07. The summed E-state index contributed by atoms with van der Waals surface area (Å²) in [5.74, 6) is 0. The average Bonchev–Trinajstić information content (AvgIpc) is 2.78. The lowest BCUT2D eigenvalue weighted by Crippen LogP contribution is -2.08. The molecule has 1 aromatic heterocycles. The van der Waals surface area contributed by atoms with Gasteiger partial charge in [0.1, 0.15) is 0 Å². The quantitative estimate of drug-likeness (QED) is 0.706. The van der Waals surface area contributed by atoms with Gasteiger partial charge in [0.2, 0.25) is 0 Å². The Bertz CT molecular complexity index is 757. The van der Waals surface area contributed by atoms with Gasteiger partial charge in [-0.2, -0.15) is 0 Å². The van der Waals surface area contributed by atoms with E-state index in [1.807, 2.05) is 61.5 Å². The summed E-state index contributed by atoms with van der Waals surface area (Å²) >= 11 is 0. The summed E-state index contributed by atoms with van der Waals surface area (Å²) in [6.45, 7) is 2.00. The summed E-state index contributed by atoms with van der Waals surface area (Å²) in [5, 5.41) is 10.4. The van der Waals surface area contributed by atoms with Crippen molar-refractivity contribution < 1.29 is 9.90 Å². The van der Waals surface area contributed by atoms with Gasteiger partial charge in [0, 0.05) is 5.39 Å². The Morgan fingerprint density at radius 2 is 1.79 bits per heavy atom. The third-order valence-corrected chi connectivity index (χ3v) is 3.22. The van der Waals surface area contributed by atoms with Crippen LogP contribution in [0.4, 0.5) is 4.79 Å². The Balaban J connectivity index is 2.35. The Hall–Kier alpha value is -2.55. The summed E-state index contributed by atoms with van der Waals surface area (Å²) in [6, 6.07) is 17.3. The number of rotatable bonds is 1. The molecule has 19 heavy (non-hydrogen) atoms. The average molecular weight is 251 g/mol. The van der Waals surface area contributed by atoms with Crippen LogP contribution in [-0.2, 0) is 0 Å². The minimum absolute atomic E-state index is 0.703. The molecule has 0 bridgehead atoms. The molecule has 2 aromatic carbocycles. The van der Waals surface area contributed by atoms with Gasteiger partial charge in [-0.05, 0) is 30.7 Å². The number of hydrogen-bond acceptors (Lipinski definition) is 1. The maximum atomic E-state index is 11.5. The number of carbonyl (C=O) groups is 1. The summed E-state index contributed by atoms with van der Waals surface area (Å²) < 4.78 is 1.34. The minimum atomic E-state index is -0.960. The lowest BCUT2D eigenvalue weighted by atomic mass is 10.1. The van der Waals surface area contributed by atoms with E-state index >= 15 is 0 Å². The normalized spacial score (nSPS) is 10.8. The summed E-state index contributed by atoms with van der Waals surface area (Å²) in [4.78, 5) is 11.5. The lowest BCUT2D eigenvalue weighted by Gasteiger charge is -2.05. The monoisotopic (exact) mass is 251 g/mol. The molecule has 0 aliphatic heterocycles. The Morgan fingerprint density at radius 3 is 2.47 bits per heavy atom. The molecular formula is C16H13NO2. The second-order valence-electron chi connectivity index (χ2n) is 4.58. The molecule has 0 amide bonds. The van der Waals surface area contributed by atoms with Gasteiger partial charge >= 0.3 is 6.09 Å². The summed E-state index contributed by atoms with van der Waals surface area (Å²) in [5.41, 5.74) is 3.44. The fourth-order valence-electron chi connectivity index (χ4n) is 2.36. The first-order chi connectivity index (χ1) is 9.16. The van der Waals surface area contributed by atoms with Crippen LogP contribution >= 0.6 is 0 Å². The van der Waals surface area contributed by atoms with E-state index < -0.39 is 6.09 Å². The van der Waals surface area contributed by atoms with Gasteiger partial charge in [0.25, 0.3) is 0 Å². The molecule has 0 saturated carbocycles. The maximum absolute atomic E-state index is 11.5. The molecule has 3 heteroatoms. The molecule has 0 spiro atoms. The highest BCUT2D eigenvalue weighted by atomic mass is 16.4.